The fourth-order valence-corrected chi connectivity index (χ4v) is 3.60. The highest BCUT2D eigenvalue weighted by Crippen LogP contribution is 2.18. The first kappa shape index (κ1) is 20.7. The molecule has 2 aromatic carbocycles. The SMILES string of the molecule is CCCC/C=C/CCCCCCCCCCc1ccc2ccccc2c1. The molecule has 0 fully saturated rings. The van der Waals surface area contributed by atoms with Crippen LogP contribution in [0.4, 0.5) is 0 Å². The number of hydrogen-bond acceptors (Lipinski definition) is 0. The van der Waals surface area contributed by atoms with E-state index in [1.165, 1.54) is 99.8 Å². The van der Waals surface area contributed by atoms with Crippen molar-refractivity contribution in [2.45, 2.75) is 90.4 Å². The average Bonchev–Trinajstić information content (AvgIpc) is 2.68. The summed E-state index contributed by atoms with van der Waals surface area (Å²) in [5, 5.41) is 2.73. The highest BCUT2D eigenvalue weighted by molar-refractivity contribution is 5.82. The van der Waals surface area contributed by atoms with Crippen LogP contribution in [0.15, 0.2) is 54.6 Å². The van der Waals surface area contributed by atoms with Crippen LogP contribution in [-0.4, -0.2) is 0 Å². The second-order valence-corrected chi connectivity index (χ2v) is 7.66. The Bertz CT molecular complexity index is 623. The van der Waals surface area contributed by atoms with Crippen molar-refractivity contribution < 1.29 is 0 Å². The fourth-order valence-electron chi connectivity index (χ4n) is 3.60. The Balaban J connectivity index is 1.42. The zero-order chi connectivity index (χ0) is 18.3. The van der Waals surface area contributed by atoms with Crippen LogP contribution in [-0.2, 0) is 6.42 Å². The maximum atomic E-state index is 2.39. The molecule has 0 aliphatic carbocycles. The predicted octanol–water partition coefficient (Wildman–Crippen LogP) is 8.64. The summed E-state index contributed by atoms with van der Waals surface area (Å²) >= 11 is 0. The van der Waals surface area contributed by atoms with Crippen molar-refractivity contribution in [3.63, 3.8) is 0 Å². The molecule has 0 saturated carbocycles. The van der Waals surface area contributed by atoms with Crippen molar-refractivity contribution >= 4 is 10.8 Å². The number of allylic oxidation sites excluding steroid dienone is 2. The largest absolute Gasteiger partial charge is 0.0885 e. The van der Waals surface area contributed by atoms with Gasteiger partial charge in [0.15, 0.2) is 0 Å². The monoisotopic (exact) mass is 350 g/mol. The molecule has 26 heavy (non-hydrogen) atoms. The summed E-state index contributed by atoms with van der Waals surface area (Å²) in [4.78, 5) is 0. The minimum Gasteiger partial charge on any atom is -0.0885 e. The molecule has 0 N–H and O–H groups in total. The molecule has 0 heteroatoms. The standard InChI is InChI=1S/C26H38/c1-2-3-4-5-6-7-8-9-10-11-12-13-14-15-18-24-21-22-25-19-16-17-20-26(25)23-24/h5-6,16-17,19-23H,2-4,7-15,18H2,1H3/b6-5+. The summed E-state index contributed by atoms with van der Waals surface area (Å²) in [6, 6.07) is 15.6. The molecule has 0 nitrogen and oxygen atoms in total. The van der Waals surface area contributed by atoms with Gasteiger partial charge >= 0.3 is 0 Å². The number of hydrogen-bond donors (Lipinski definition) is 0. The molecule has 0 unspecified atom stereocenters. The van der Waals surface area contributed by atoms with Crippen LogP contribution in [0.5, 0.6) is 0 Å². The first-order valence-corrected chi connectivity index (χ1v) is 11.0. The van der Waals surface area contributed by atoms with Crippen molar-refractivity contribution in [1.29, 1.82) is 0 Å². The maximum absolute atomic E-state index is 2.39. The predicted molar refractivity (Wildman–Crippen MR) is 118 cm³/mol. The molecule has 0 amide bonds. The molecule has 142 valence electrons. The molecule has 0 aliphatic rings. The van der Waals surface area contributed by atoms with Gasteiger partial charge in [-0.05, 0) is 48.4 Å². The lowest BCUT2D eigenvalue weighted by molar-refractivity contribution is 0.569. The van der Waals surface area contributed by atoms with Crippen molar-refractivity contribution in [1.82, 2.24) is 0 Å². The molecule has 2 aromatic rings. The van der Waals surface area contributed by atoms with Crippen LogP contribution in [0.2, 0.25) is 0 Å². The van der Waals surface area contributed by atoms with E-state index in [0.29, 0.717) is 0 Å². The minimum absolute atomic E-state index is 1.23. The third-order valence-electron chi connectivity index (χ3n) is 5.29. The highest BCUT2D eigenvalue weighted by Gasteiger charge is 1.97. The smallest absolute Gasteiger partial charge is 0.0181 e. The Kier molecular flexibility index (Phi) is 10.9. The van der Waals surface area contributed by atoms with Crippen molar-refractivity contribution in [3.05, 3.63) is 60.2 Å². The number of aryl methyl sites for hydroxylation is 1. The van der Waals surface area contributed by atoms with Gasteiger partial charge in [0, 0.05) is 0 Å². The lowest BCUT2D eigenvalue weighted by Gasteiger charge is -2.05. The third kappa shape index (κ3) is 8.70. The minimum atomic E-state index is 1.23. The van der Waals surface area contributed by atoms with E-state index in [1.54, 1.807) is 0 Å². The Morgan fingerprint density at radius 1 is 0.615 bits per heavy atom. The molecule has 0 heterocycles. The van der Waals surface area contributed by atoms with E-state index in [2.05, 4.69) is 61.5 Å². The number of fused-ring (bicyclic) bond motifs is 1. The first-order chi connectivity index (χ1) is 12.9. The molecule has 0 bridgehead atoms. The summed E-state index contributed by atoms with van der Waals surface area (Å²) in [6.07, 6.45) is 22.4. The second kappa shape index (κ2) is 13.6. The van der Waals surface area contributed by atoms with Gasteiger partial charge < -0.3 is 0 Å². The lowest BCUT2D eigenvalue weighted by atomic mass is 10.0. The van der Waals surface area contributed by atoms with Crippen LogP contribution in [0, 0.1) is 0 Å². The summed E-state index contributed by atoms with van der Waals surface area (Å²) in [5.74, 6) is 0. The maximum Gasteiger partial charge on any atom is -0.0181 e. The lowest BCUT2D eigenvalue weighted by Crippen LogP contribution is -1.87. The summed E-state index contributed by atoms with van der Waals surface area (Å²) < 4.78 is 0. The van der Waals surface area contributed by atoms with Crippen LogP contribution in [0.3, 0.4) is 0 Å². The Labute approximate surface area is 161 Å². The quantitative estimate of drug-likeness (QED) is 0.236. The average molecular weight is 351 g/mol. The molecule has 0 radical (unpaired) electrons. The number of benzene rings is 2. The van der Waals surface area contributed by atoms with Crippen LogP contribution >= 0.6 is 0 Å². The summed E-state index contributed by atoms with van der Waals surface area (Å²) in [5.41, 5.74) is 1.50. The van der Waals surface area contributed by atoms with E-state index in [4.69, 9.17) is 0 Å². The molecule has 2 rings (SSSR count). The van der Waals surface area contributed by atoms with Gasteiger partial charge in [0.25, 0.3) is 0 Å². The van der Waals surface area contributed by atoms with Crippen LogP contribution < -0.4 is 0 Å². The molecule has 0 saturated heterocycles. The van der Waals surface area contributed by atoms with Crippen molar-refractivity contribution in [3.8, 4) is 0 Å². The Morgan fingerprint density at radius 2 is 1.23 bits per heavy atom. The van der Waals surface area contributed by atoms with Gasteiger partial charge in [0.05, 0.1) is 0 Å². The van der Waals surface area contributed by atoms with Gasteiger partial charge in [0.2, 0.25) is 0 Å². The zero-order valence-corrected chi connectivity index (χ0v) is 16.9. The molecule has 0 aromatic heterocycles. The Morgan fingerprint density at radius 3 is 1.96 bits per heavy atom. The zero-order valence-electron chi connectivity index (χ0n) is 16.9. The van der Waals surface area contributed by atoms with E-state index in [9.17, 15) is 0 Å². The van der Waals surface area contributed by atoms with E-state index >= 15 is 0 Å². The highest BCUT2D eigenvalue weighted by atomic mass is 14.0. The molecular weight excluding hydrogens is 312 g/mol. The van der Waals surface area contributed by atoms with E-state index < -0.39 is 0 Å². The van der Waals surface area contributed by atoms with Gasteiger partial charge in [-0.3, -0.25) is 0 Å². The van der Waals surface area contributed by atoms with Gasteiger partial charge in [-0.15, -0.1) is 0 Å². The van der Waals surface area contributed by atoms with Gasteiger partial charge in [-0.2, -0.15) is 0 Å². The number of unbranched alkanes of at least 4 members (excludes halogenated alkanes) is 10. The Hall–Kier alpha value is -1.56. The summed E-state index contributed by atoms with van der Waals surface area (Å²) in [7, 11) is 0. The van der Waals surface area contributed by atoms with Gasteiger partial charge in [-0.1, -0.05) is 113 Å². The van der Waals surface area contributed by atoms with Crippen molar-refractivity contribution in [2.75, 3.05) is 0 Å². The molecule has 0 spiro atoms. The summed E-state index contributed by atoms with van der Waals surface area (Å²) in [6.45, 7) is 2.26. The molecular formula is C26H38. The van der Waals surface area contributed by atoms with Crippen molar-refractivity contribution in [2.24, 2.45) is 0 Å². The van der Waals surface area contributed by atoms with E-state index in [0.717, 1.165) is 0 Å². The van der Waals surface area contributed by atoms with E-state index in [1.807, 2.05) is 0 Å². The number of rotatable bonds is 14. The first-order valence-electron chi connectivity index (χ1n) is 11.0. The molecule has 0 aliphatic heterocycles. The third-order valence-corrected chi connectivity index (χ3v) is 5.29. The normalized spacial score (nSPS) is 11.6. The van der Waals surface area contributed by atoms with Crippen LogP contribution in [0.25, 0.3) is 10.8 Å². The molecule has 0 atom stereocenters. The fraction of sp³-hybridized carbons (Fsp3) is 0.538. The second-order valence-electron chi connectivity index (χ2n) is 7.66. The van der Waals surface area contributed by atoms with Gasteiger partial charge in [0.1, 0.15) is 0 Å². The van der Waals surface area contributed by atoms with Gasteiger partial charge in [-0.25, -0.2) is 0 Å². The van der Waals surface area contributed by atoms with Crippen LogP contribution in [0.1, 0.15) is 89.5 Å². The van der Waals surface area contributed by atoms with E-state index in [-0.39, 0.29) is 0 Å². The topological polar surface area (TPSA) is 0 Å².